The van der Waals surface area contributed by atoms with E-state index in [1.165, 1.54) is 186 Å². The highest BCUT2D eigenvalue weighted by Gasteiger charge is 2.28. The van der Waals surface area contributed by atoms with Crippen molar-refractivity contribution in [3.05, 3.63) is 24.3 Å². The first-order valence-electron chi connectivity index (χ1n) is 24.9. The SMILES string of the molecule is CCCCCCCCCCCCC/C=C/C=C/C(=O)O[C@@H](COC(=O)CCCCCCCCCCCCCCCCCCCCCCCC)COP(=O)(O)OC[C@@H](N)C(=O)O. The van der Waals surface area contributed by atoms with Gasteiger partial charge in [0.05, 0.1) is 13.2 Å². The summed E-state index contributed by atoms with van der Waals surface area (Å²) < 4.78 is 32.6. The maximum absolute atomic E-state index is 12.5. The Hall–Kier alpha value is -2.04. The van der Waals surface area contributed by atoms with Gasteiger partial charge in [-0.25, -0.2) is 9.36 Å². The number of rotatable bonds is 47. The average Bonchev–Trinajstić information content (AvgIpc) is 3.24. The third kappa shape index (κ3) is 44.4. The Balaban J connectivity index is 4.26. The molecule has 0 spiro atoms. The fraction of sp³-hybridized carbons (Fsp3) is 0.857. The molecule has 4 N–H and O–H groups in total. The van der Waals surface area contributed by atoms with Crippen molar-refractivity contribution in [1.29, 1.82) is 0 Å². The van der Waals surface area contributed by atoms with Crippen LogP contribution in [-0.2, 0) is 37.5 Å². The number of carbonyl (C=O) groups excluding carboxylic acids is 2. The molecular weight excluding hydrogens is 794 g/mol. The number of hydrogen-bond acceptors (Lipinski definition) is 9. The van der Waals surface area contributed by atoms with E-state index in [1.54, 1.807) is 12.2 Å². The van der Waals surface area contributed by atoms with Gasteiger partial charge in [-0.1, -0.05) is 231 Å². The van der Waals surface area contributed by atoms with Crippen LogP contribution in [0, 0.1) is 0 Å². The molecule has 0 heterocycles. The molecule has 0 aliphatic rings. The predicted molar refractivity (Wildman–Crippen MR) is 249 cm³/mol. The van der Waals surface area contributed by atoms with Crippen LogP contribution in [0.25, 0.3) is 0 Å². The van der Waals surface area contributed by atoms with Crippen LogP contribution < -0.4 is 5.73 Å². The Kier molecular flexibility index (Phi) is 43.1. The van der Waals surface area contributed by atoms with E-state index in [4.69, 9.17) is 24.8 Å². The van der Waals surface area contributed by atoms with E-state index in [2.05, 4.69) is 18.4 Å². The van der Waals surface area contributed by atoms with Crippen LogP contribution in [0.1, 0.15) is 239 Å². The monoisotopic (exact) mass is 886 g/mol. The first kappa shape index (κ1) is 59.0. The van der Waals surface area contributed by atoms with E-state index < -0.39 is 51.1 Å². The lowest BCUT2D eigenvalue weighted by atomic mass is 10.0. The van der Waals surface area contributed by atoms with Gasteiger partial charge < -0.3 is 25.2 Å². The van der Waals surface area contributed by atoms with E-state index in [0.717, 1.165) is 32.1 Å². The number of carbonyl (C=O) groups is 3. The van der Waals surface area contributed by atoms with Crippen LogP contribution in [-0.4, -0.2) is 59.9 Å². The smallest absolute Gasteiger partial charge is 0.472 e. The minimum absolute atomic E-state index is 0.207. The molecule has 0 bridgehead atoms. The van der Waals surface area contributed by atoms with Crippen molar-refractivity contribution >= 4 is 25.7 Å². The zero-order valence-electron chi connectivity index (χ0n) is 39.0. The van der Waals surface area contributed by atoms with Gasteiger partial charge in [-0.05, 0) is 19.3 Å². The second-order valence-corrected chi connectivity index (χ2v) is 18.5. The molecular formula is C49H92NO10P. The normalized spacial score (nSPS) is 13.8. The molecule has 0 amide bonds. The first-order valence-corrected chi connectivity index (χ1v) is 26.4. The summed E-state index contributed by atoms with van der Waals surface area (Å²) >= 11 is 0. The Morgan fingerprint density at radius 3 is 1.33 bits per heavy atom. The fourth-order valence-corrected chi connectivity index (χ4v) is 7.93. The molecule has 61 heavy (non-hydrogen) atoms. The number of phosphoric acid groups is 1. The quantitative estimate of drug-likeness (QED) is 0.0175. The van der Waals surface area contributed by atoms with Crippen molar-refractivity contribution in [3.63, 3.8) is 0 Å². The molecule has 0 fully saturated rings. The van der Waals surface area contributed by atoms with Crippen molar-refractivity contribution in [2.24, 2.45) is 5.73 Å². The van der Waals surface area contributed by atoms with E-state index in [9.17, 15) is 23.8 Å². The highest BCUT2D eigenvalue weighted by molar-refractivity contribution is 7.47. The number of aliphatic carboxylic acids is 1. The second kappa shape index (κ2) is 44.6. The Labute approximate surface area is 372 Å². The molecule has 0 aromatic heterocycles. The van der Waals surface area contributed by atoms with Crippen LogP contribution in [0.3, 0.4) is 0 Å². The molecule has 0 aromatic rings. The number of allylic oxidation sites excluding steroid dienone is 3. The average molecular weight is 886 g/mol. The van der Waals surface area contributed by atoms with Crippen LogP contribution >= 0.6 is 7.82 Å². The Morgan fingerprint density at radius 1 is 0.541 bits per heavy atom. The molecule has 0 aliphatic carbocycles. The van der Waals surface area contributed by atoms with Gasteiger partial charge >= 0.3 is 25.7 Å². The van der Waals surface area contributed by atoms with Gasteiger partial charge in [-0.3, -0.25) is 18.6 Å². The molecule has 358 valence electrons. The topological polar surface area (TPSA) is 172 Å². The first-order chi connectivity index (χ1) is 29.6. The van der Waals surface area contributed by atoms with Gasteiger partial charge in [0.15, 0.2) is 6.10 Å². The highest BCUT2D eigenvalue weighted by atomic mass is 31.2. The standard InChI is InChI=1S/C49H92NO10P/c1-3-5-7-9-11-13-15-17-19-20-21-22-23-24-25-27-28-30-32-34-36-38-40-47(51)57-42-45(43-58-61(55,56)59-44-46(50)49(53)54)60-48(52)41-39-37-35-33-31-29-26-18-16-14-12-10-8-6-4-2/h35,37,39,41,45-46H,3-34,36,38,40,42-44,50H2,1-2H3,(H,53,54)(H,55,56)/b37-35+,41-39+/t45-,46+/m0/s1. The number of hydrogen-bond donors (Lipinski definition) is 3. The molecule has 0 saturated heterocycles. The fourth-order valence-electron chi connectivity index (χ4n) is 7.15. The van der Waals surface area contributed by atoms with Crippen molar-refractivity contribution in [3.8, 4) is 0 Å². The second-order valence-electron chi connectivity index (χ2n) is 17.0. The maximum atomic E-state index is 12.5. The van der Waals surface area contributed by atoms with Crippen LogP contribution in [0.5, 0.6) is 0 Å². The van der Waals surface area contributed by atoms with E-state index in [0.29, 0.717) is 6.42 Å². The van der Waals surface area contributed by atoms with E-state index in [-0.39, 0.29) is 13.0 Å². The zero-order chi connectivity index (χ0) is 44.9. The zero-order valence-corrected chi connectivity index (χ0v) is 39.9. The molecule has 3 atom stereocenters. The van der Waals surface area contributed by atoms with E-state index in [1.807, 2.05) is 6.08 Å². The molecule has 1 unspecified atom stereocenters. The molecule has 0 saturated carbocycles. The molecule has 0 aromatic carbocycles. The minimum Gasteiger partial charge on any atom is -0.480 e. The summed E-state index contributed by atoms with van der Waals surface area (Å²) in [5.41, 5.74) is 5.34. The van der Waals surface area contributed by atoms with Gasteiger partial charge in [0.2, 0.25) is 0 Å². The molecule has 0 aliphatic heterocycles. The number of carboxylic acids is 1. The van der Waals surface area contributed by atoms with Gasteiger partial charge in [0, 0.05) is 12.5 Å². The summed E-state index contributed by atoms with van der Waals surface area (Å²) in [5.74, 6) is -2.62. The van der Waals surface area contributed by atoms with Crippen molar-refractivity contribution in [1.82, 2.24) is 0 Å². The summed E-state index contributed by atoms with van der Waals surface area (Å²) in [6, 6.07) is -1.53. The number of phosphoric ester groups is 1. The van der Waals surface area contributed by atoms with Crippen LogP contribution in [0.2, 0.25) is 0 Å². The van der Waals surface area contributed by atoms with Gasteiger partial charge in [0.25, 0.3) is 0 Å². The van der Waals surface area contributed by atoms with E-state index >= 15 is 0 Å². The number of nitrogens with two attached hydrogens (primary N) is 1. The third-order valence-electron chi connectivity index (χ3n) is 11.1. The number of ether oxygens (including phenoxy) is 2. The molecule has 12 heteroatoms. The van der Waals surface area contributed by atoms with Crippen molar-refractivity contribution in [2.45, 2.75) is 251 Å². The summed E-state index contributed by atoms with van der Waals surface area (Å²) in [6.45, 7) is 2.73. The lowest BCUT2D eigenvalue weighted by Gasteiger charge is -2.19. The van der Waals surface area contributed by atoms with Gasteiger partial charge in [-0.2, -0.15) is 0 Å². The predicted octanol–water partition coefficient (Wildman–Crippen LogP) is 13.8. The summed E-state index contributed by atoms with van der Waals surface area (Å²) in [5, 5.41) is 8.90. The van der Waals surface area contributed by atoms with Gasteiger partial charge in [0.1, 0.15) is 12.6 Å². The maximum Gasteiger partial charge on any atom is 0.472 e. The summed E-state index contributed by atoms with van der Waals surface area (Å²) in [6.07, 6.45) is 48.9. The lowest BCUT2D eigenvalue weighted by Crippen LogP contribution is -2.34. The Morgan fingerprint density at radius 2 is 0.918 bits per heavy atom. The summed E-state index contributed by atoms with van der Waals surface area (Å²) in [7, 11) is -4.74. The lowest BCUT2D eigenvalue weighted by molar-refractivity contribution is -0.157. The minimum atomic E-state index is -4.74. The number of esters is 2. The molecule has 0 radical (unpaired) electrons. The summed E-state index contributed by atoms with van der Waals surface area (Å²) in [4.78, 5) is 45.9. The third-order valence-corrected chi connectivity index (χ3v) is 12.0. The highest BCUT2D eigenvalue weighted by Crippen LogP contribution is 2.43. The largest absolute Gasteiger partial charge is 0.480 e. The van der Waals surface area contributed by atoms with Crippen molar-refractivity contribution in [2.75, 3.05) is 19.8 Å². The van der Waals surface area contributed by atoms with Crippen molar-refractivity contribution < 1.29 is 47.5 Å². The van der Waals surface area contributed by atoms with Crippen LogP contribution in [0.4, 0.5) is 0 Å². The molecule has 0 rings (SSSR count). The number of carboxylic acid groups (broad SMARTS) is 1. The number of unbranched alkanes of at least 4 members (excludes halogenated alkanes) is 32. The Bertz CT molecular complexity index is 1130. The van der Waals surface area contributed by atoms with Gasteiger partial charge in [-0.15, -0.1) is 0 Å². The van der Waals surface area contributed by atoms with Crippen LogP contribution in [0.15, 0.2) is 24.3 Å². The molecule has 11 nitrogen and oxygen atoms in total.